The summed E-state index contributed by atoms with van der Waals surface area (Å²) in [6, 6.07) is 17.2. The lowest BCUT2D eigenvalue weighted by molar-refractivity contribution is 0.0817. The molecule has 20 heavy (non-hydrogen) atoms. The molecular weight excluding hydrogens is 280 g/mol. The highest BCUT2D eigenvalue weighted by Gasteiger charge is 2.16. The zero-order valence-corrected chi connectivity index (χ0v) is 11.1. The van der Waals surface area contributed by atoms with Crippen molar-refractivity contribution in [1.29, 1.82) is 0 Å². The predicted molar refractivity (Wildman–Crippen MR) is 75.4 cm³/mol. The second kappa shape index (κ2) is 7.86. The summed E-state index contributed by atoms with van der Waals surface area (Å²) in [4.78, 5) is 32.4. The lowest BCUT2D eigenvalue weighted by Crippen LogP contribution is -2.14. The zero-order chi connectivity index (χ0) is 15.0. The lowest BCUT2D eigenvalue weighted by atomic mass is 10.0. The highest BCUT2D eigenvalue weighted by Crippen LogP contribution is 2.07. The van der Waals surface area contributed by atoms with Gasteiger partial charge in [-0.2, -0.15) is 0 Å². The average Bonchev–Trinajstić information content (AvgIpc) is 2.47. The van der Waals surface area contributed by atoms with E-state index in [2.05, 4.69) is 11.6 Å². The Hall–Kier alpha value is -2.46. The van der Waals surface area contributed by atoms with Gasteiger partial charge in [-0.25, -0.2) is 4.79 Å². The number of carboxylic acid groups (broad SMARTS) is 1. The maximum Gasteiger partial charge on any atom is 0.401 e. The van der Waals surface area contributed by atoms with Gasteiger partial charge in [0.05, 0.1) is 0 Å². The SMILES string of the molecule is O=C(C(=O)c1ccccc1)c1ccccc1.O=C(O)Cl. The Labute approximate surface area is 120 Å². The summed E-state index contributed by atoms with van der Waals surface area (Å²) in [6.45, 7) is 0. The molecule has 0 aliphatic heterocycles. The molecule has 0 amide bonds. The van der Waals surface area contributed by atoms with Gasteiger partial charge in [-0.1, -0.05) is 60.7 Å². The van der Waals surface area contributed by atoms with Crippen LogP contribution in [0.4, 0.5) is 4.79 Å². The molecule has 2 aromatic carbocycles. The Kier molecular flexibility index (Phi) is 6.13. The first kappa shape index (κ1) is 15.6. The molecule has 0 aliphatic rings. The molecule has 0 atom stereocenters. The third-order valence-corrected chi connectivity index (χ3v) is 2.28. The van der Waals surface area contributed by atoms with E-state index in [-0.39, 0.29) is 0 Å². The van der Waals surface area contributed by atoms with Gasteiger partial charge in [0.2, 0.25) is 11.6 Å². The molecule has 0 saturated carbocycles. The summed E-state index contributed by atoms with van der Waals surface area (Å²) in [5.41, 5.74) is -0.507. The summed E-state index contributed by atoms with van der Waals surface area (Å²) < 4.78 is 0. The number of halogens is 1. The Morgan fingerprint density at radius 3 is 1.20 bits per heavy atom. The standard InChI is InChI=1S/C14H10O2.CHClO2/c15-13(11-7-3-1-4-8-11)14(16)12-9-5-2-6-10-12;2-1(3)4/h1-10H;(H,3,4). The van der Waals surface area contributed by atoms with Crippen LogP contribution in [0.15, 0.2) is 60.7 Å². The third-order valence-electron chi connectivity index (χ3n) is 2.28. The van der Waals surface area contributed by atoms with E-state index in [1.54, 1.807) is 48.5 Å². The molecule has 0 spiro atoms. The van der Waals surface area contributed by atoms with Gasteiger partial charge in [0, 0.05) is 22.7 Å². The van der Waals surface area contributed by atoms with Crippen LogP contribution >= 0.6 is 11.6 Å². The third kappa shape index (κ3) is 5.04. The van der Waals surface area contributed by atoms with E-state index in [0.717, 1.165) is 0 Å². The van der Waals surface area contributed by atoms with E-state index in [4.69, 9.17) is 9.90 Å². The average molecular weight is 291 g/mol. The first-order valence-corrected chi connectivity index (χ1v) is 5.97. The maximum atomic E-state index is 11.8. The largest absolute Gasteiger partial charge is 0.469 e. The molecule has 2 aromatic rings. The smallest absolute Gasteiger partial charge is 0.401 e. The van der Waals surface area contributed by atoms with Crippen molar-refractivity contribution >= 4 is 28.6 Å². The molecule has 0 heterocycles. The van der Waals surface area contributed by atoms with Crippen LogP contribution in [-0.4, -0.2) is 22.1 Å². The summed E-state index contributed by atoms with van der Waals surface area (Å²) in [7, 11) is 0. The first-order chi connectivity index (χ1) is 9.52. The normalized spacial score (nSPS) is 9.05. The maximum absolute atomic E-state index is 11.8. The summed E-state index contributed by atoms with van der Waals surface area (Å²) in [6.07, 6.45) is 0. The van der Waals surface area contributed by atoms with Crippen LogP contribution in [0.2, 0.25) is 0 Å². The van der Waals surface area contributed by atoms with E-state index in [9.17, 15) is 9.59 Å². The van der Waals surface area contributed by atoms with Crippen molar-refractivity contribution in [3.63, 3.8) is 0 Å². The van der Waals surface area contributed by atoms with Crippen LogP contribution in [0.1, 0.15) is 20.7 Å². The fraction of sp³-hybridized carbons (Fsp3) is 0. The second-order valence-electron chi connectivity index (χ2n) is 3.64. The fourth-order valence-electron chi connectivity index (χ4n) is 1.44. The van der Waals surface area contributed by atoms with Crippen LogP contribution in [0.3, 0.4) is 0 Å². The molecule has 0 bridgehead atoms. The molecule has 0 fully saturated rings. The number of ketones is 2. The number of benzene rings is 2. The molecule has 1 N–H and O–H groups in total. The van der Waals surface area contributed by atoms with Gasteiger partial charge in [-0.3, -0.25) is 9.59 Å². The number of carbonyl (C=O) groups excluding carboxylic acids is 2. The van der Waals surface area contributed by atoms with Gasteiger partial charge >= 0.3 is 5.43 Å². The Morgan fingerprint density at radius 1 is 0.700 bits per heavy atom. The number of Topliss-reactive ketones (excluding diaryl/α,β-unsaturated/α-hetero) is 2. The highest BCUT2D eigenvalue weighted by molar-refractivity contribution is 6.60. The quantitative estimate of drug-likeness (QED) is 0.532. The molecule has 102 valence electrons. The van der Waals surface area contributed by atoms with Crippen LogP contribution < -0.4 is 0 Å². The van der Waals surface area contributed by atoms with Gasteiger partial charge in [0.1, 0.15) is 0 Å². The van der Waals surface area contributed by atoms with Gasteiger partial charge in [-0.05, 0) is 0 Å². The predicted octanol–water partition coefficient (Wildman–Crippen LogP) is 3.66. The van der Waals surface area contributed by atoms with Crippen molar-refractivity contribution in [3.05, 3.63) is 71.8 Å². The van der Waals surface area contributed by atoms with Gasteiger partial charge in [-0.15, -0.1) is 0 Å². The van der Waals surface area contributed by atoms with Gasteiger partial charge in [0.25, 0.3) is 0 Å². The molecule has 0 radical (unpaired) electrons. The number of hydrogen-bond acceptors (Lipinski definition) is 3. The topological polar surface area (TPSA) is 71.4 Å². The summed E-state index contributed by atoms with van der Waals surface area (Å²) in [5, 5.41) is 7.18. The minimum absolute atomic E-state index is 0.427. The molecule has 0 unspecified atom stereocenters. The van der Waals surface area contributed by atoms with Gasteiger partial charge < -0.3 is 5.11 Å². The van der Waals surface area contributed by atoms with E-state index >= 15 is 0 Å². The summed E-state index contributed by atoms with van der Waals surface area (Å²) >= 11 is 4.19. The van der Waals surface area contributed by atoms with Crippen molar-refractivity contribution in [2.24, 2.45) is 0 Å². The molecule has 5 heteroatoms. The summed E-state index contributed by atoms with van der Waals surface area (Å²) in [5.74, 6) is -0.932. The Morgan fingerprint density at radius 2 is 0.950 bits per heavy atom. The molecular formula is C15H11ClO4. The Bertz CT molecular complexity index is 540. The van der Waals surface area contributed by atoms with Crippen molar-refractivity contribution in [1.82, 2.24) is 0 Å². The second-order valence-corrected chi connectivity index (χ2v) is 3.97. The van der Waals surface area contributed by atoms with Crippen molar-refractivity contribution in [2.75, 3.05) is 0 Å². The number of carbonyl (C=O) groups is 3. The van der Waals surface area contributed by atoms with Crippen molar-refractivity contribution in [2.45, 2.75) is 0 Å². The van der Waals surface area contributed by atoms with Crippen molar-refractivity contribution in [3.8, 4) is 0 Å². The van der Waals surface area contributed by atoms with E-state index in [1.807, 2.05) is 12.1 Å². The molecule has 2 rings (SSSR count). The van der Waals surface area contributed by atoms with Crippen LogP contribution in [-0.2, 0) is 0 Å². The minimum atomic E-state index is -1.36. The molecule has 4 nitrogen and oxygen atoms in total. The van der Waals surface area contributed by atoms with Gasteiger partial charge in [0.15, 0.2) is 0 Å². The van der Waals surface area contributed by atoms with E-state index < -0.39 is 17.0 Å². The Balaban J connectivity index is 0.000000444. The zero-order valence-electron chi connectivity index (χ0n) is 10.3. The molecule has 0 aliphatic carbocycles. The number of rotatable bonds is 3. The van der Waals surface area contributed by atoms with E-state index in [0.29, 0.717) is 11.1 Å². The first-order valence-electron chi connectivity index (χ1n) is 5.60. The van der Waals surface area contributed by atoms with Crippen molar-refractivity contribution < 1.29 is 19.5 Å². The minimum Gasteiger partial charge on any atom is -0.469 e. The fourth-order valence-corrected chi connectivity index (χ4v) is 1.44. The van der Waals surface area contributed by atoms with Crippen LogP contribution in [0.5, 0.6) is 0 Å². The monoisotopic (exact) mass is 290 g/mol. The van der Waals surface area contributed by atoms with Crippen LogP contribution in [0, 0.1) is 0 Å². The highest BCUT2D eigenvalue weighted by atomic mass is 35.5. The molecule has 0 aromatic heterocycles. The van der Waals surface area contributed by atoms with Crippen LogP contribution in [0.25, 0.3) is 0 Å². The molecule has 0 saturated heterocycles. The lowest BCUT2D eigenvalue weighted by Gasteiger charge is -1.99. The number of hydrogen-bond donors (Lipinski definition) is 1. The van der Waals surface area contributed by atoms with E-state index in [1.165, 1.54) is 0 Å².